The van der Waals surface area contributed by atoms with Gasteiger partial charge in [-0.2, -0.15) is 0 Å². The van der Waals surface area contributed by atoms with Gasteiger partial charge in [0.1, 0.15) is 11.5 Å². The zero-order chi connectivity index (χ0) is 17.2. The molecule has 2 rings (SSSR count). The van der Waals surface area contributed by atoms with Crippen LogP contribution < -0.4 is 9.47 Å². The number of benzene rings is 2. The molecular weight excluding hydrogens is 300 g/mol. The first kappa shape index (κ1) is 18.1. The first-order valence-corrected chi connectivity index (χ1v) is 8.78. The van der Waals surface area contributed by atoms with Gasteiger partial charge < -0.3 is 9.47 Å². The highest BCUT2D eigenvalue weighted by Gasteiger charge is 2.08. The Morgan fingerprint density at radius 2 is 1.29 bits per heavy atom. The molecule has 2 aromatic rings. The Balaban J connectivity index is 1.80. The third-order valence-corrected chi connectivity index (χ3v) is 3.98. The standard InChI is InChI=1S/C21H26O3/c1-3-5-6-7-8-18-11-15-20(16-12-18)24-21(22)23-19-13-9-17(4-2)10-14-19/h9-16H,3-8H2,1-2H3. The second-order valence-corrected chi connectivity index (χ2v) is 5.91. The van der Waals surface area contributed by atoms with Gasteiger partial charge in [-0.25, -0.2) is 4.79 Å². The summed E-state index contributed by atoms with van der Waals surface area (Å²) in [5, 5.41) is 0. The molecule has 0 atom stereocenters. The average Bonchev–Trinajstić information content (AvgIpc) is 2.61. The van der Waals surface area contributed by atoms with Crippen molar-refractivity contribution in [1.82, 2.24) is 0 Å². The second kappa shape index (κ2) is 9.76. The van der Waals surface area contributed by atoms with Gasteiger partial charge in [0, 0.05) is 0 Å². The van der Waals surface area contributed by atoms with Crippen LogP contribution in [0.15, 0.2) is 48.5 Å². The van der Waals surface area contributed by atoms with Gasteiger partial charge in [0.25, 0.3) is 0 Å². The van der Waals surface area contributed by atoms with Gasteiger partial charge >= 0.3 is 6.16 Å². The van der Waals surface area contributed by atoms with Gasteiger partial charge in [-0.15, -0.1) is 0 Å². The fraction of sp³-hybridized carbons (Fsp3) is 0.381. The third kappa shape index (κ3) is 6.07. The maximum Gasteiger partial charge on any atom is 0.519 e. The van der Waals surface area contributed by atoms with E-state index in [1.807, 2.05) is 36.4 Å². The Morgan fingerprint density at radius 1 is 0.750 bits per heavy atom. The van der Waals surface area contributed by atoms with Crippen LogP contribution in [-0.2, 0) is 12.8 Å². The summed E-state index contributed by atoms with van der Waals surface area (Å²) in [7, 11) is 0. The van der Waals surface area contributed by atoms with E-state index in [9.17, 15) is 4.79 Å². The molecule has 128 valence electrons. The van der Waals surface area contributed by atoms with E-state index in [1.54, 1.807) is 12.1 Å². The molecule has 0 bridgehead atoms. The van der Waals surface area contributed by atoms with Crippen molar-refractivity contribution in [3.63, 3.8) is 0 Å². The Morgan fingerprint density at radius 3 is 1.79 bits per heavy atom. The molecule has 0 aliphatic carbocycles. The second-order valence-electron chi connectivity index (χ2n) is 5.91. The fourth-order valence-electron chi connectivity index (χ4n) is 2.49. The quantitative estimate of drug-likeness (QED) is 0.341. The summed E-state index contributed by atoms with van der Waals surface area (Å²) in [4.78, 5) is 11.8. The Labute approximate surface area is 144 Å². The van der Waals surface area contributed by atoms with Crippen LogP contribution in [0, 0.1) is 0 Å². The van der Waals surface area contributed by atoms with Crippen LogP contribution in [0.5, 0.6) is 11.5 Å². The van der Waals surface area contributed by atoms with Crippen LogP contribution >= 0.6 is 0 Å². The highest BCUT2D eigenvalue weighted by Crippen LogP contribution is 2.17. The van der Waals surface area contributed by atoms with Crippen molar-refractivity contribution in [3.05, 3.63) is 59.7 Å². The minimum Gasteiger partial charge on any atom is -0.395 e. The summed E-state index contributed by atoms with van der Waals surface area (Å²) in [6, 6.07) is 15.1. The van der Waals surface area contributed by atoms with Crippen molar-refractivity contribution in [3.8, 4) is 11.5 Å². The van der Waals surface area contributed by atoms with E-state index in [0.29, 0.717) is 11.5 Å². The molecule has 0 unspecified atom stereocenters. The number of carbonyl (C=O) groups is 1. The third-order valence-electron chi connectivity index (χ3n) is 3.98. The van der Waals surface area contributed by atoms with Crippen molar-refractivity contribution >= 4 is 6.16 Å². The molecule has 0 aliphatic rings. The number of carbonyl (C=O) groups excluding carboxylic acids is 1. The van der Waals surface area contributed by atoms with Gasteiger partial charge in [0.2, 0.25) is 0 Å². The zero-order valence-corrected chi connectivity index (χ0v) is 14.6. The van der Waals surface area contributed by atoms with Gasteiger partial charge in [-0.05, 0) is 54.7 Å². The molecular formula is C21H26O3. The fourth-order valence-corrected chi connectivity index (χ4v) is 2.49. The molecule has 0 radical (unpaired) electrons. The minimum absolute atomic E-state index is 0.491. The first-order valence-electron chi connectivity index (χ1n) is 8.78. The van der Waals surface area contributed by atoms with E-state index in [1.165, 1.54) is 36.8 Å². The van der Waals surface area contributed by atoms with Crippen molar-refractivity contribution < 1.29 is 14.3 Å². The lowest BCUT2D eigenvalue weighted by atomic mass is 10.1. The molecule has 0 fully saturated rings. The van der Waals surface area contributed by atoms with Gasteiger partial charge in [0.05, 0.1) is 0 Å². The summed E-state index contributed by atoms with van der Waals surface area (Å²) in [5.74, 6) is 0.993. The Kier molecular flexibility index (Phi) is 7.34. The van der Waals surface area contributed by atoms with E-state index in [4.69, 9.17) is 9.47 Å². The molecule has 0 heterocycles. The largest absolute Gasteiger partial charge is 0.519 e. The van der Waals surface area contributed by atoms with Crippen LogP contribution in [0.1, 0.15) is 50.7 Å². The van der Waals surface area contributed by atoms with E-state index in [0.717, 1.165) is 12.8 Å². The Hall–Kier alpha value is -2.29. The molecule has 3 nitrogen and oxygen atoms in total. The molecule has 0 saturated carbocycles. The number of ether oxygens (including phenoxy) is 2. The molecule has 2 aromatic carbocycles. The van der Waals surface area contributed by atoms with E-state index >= 15 is 0 Å². The lowest BCUT2D eigenvalue weighted by molar-refractivity contribution is 0.152. The minimum atomic E-state index is -0.713. The van der Waals surface area contributed by atoms with E-state index in [2.05, 4.69) is 13.8 Å². The Bertz CT molecular complexity index is 615. The van der Waals surface area contributed by atoms with Crippen molar-refractivity contribution in [2.75, 3.05) is 0 Å². The molecule has 24 heavy (non-hydrogen) atoms. The van der Waals surface area contributed by atoms with Crippen LogP contribution in [0.2, 0.25) is 0 Å². The highest BCUT2D eigenvalue weighted by molar-refractivity contribution is 5.67. The number of hydrogen-bond donors (Lipinski definition) is 0. The predicted molar refractivity (Wildman–Crippen MR) is 96.8 cm³/mol. The molecule has 3 heteroatoms. The number of aryl methyl sites for hydroxylation is 2. The summed E-state index contributed by atoms with van der Waals surface area (Å²) in [6.07, 6.45) is 6.30. The van der Waals surface area contributed by atoms with Crippen LogP contribution in [0.3, 0.4) is 0 Å². The zero-order valence-electron chi connectivity index (χ0n) is 14.6. The number of rotatable bonds is 8. The van der Waals surface area contributed by atoms with Crippen LogP contribution in [0.25, 0.3) is 0 Å². The topological polar surface area (TPSA) is 35.5 Å². The molecule has 0 aromatic heterocycles. The molecule has 0 aliphatic heterocycles. The summed E-state index contributed by atoms with van der Waals surface area (Å²) in [5.41, 5.74) is 2.47. The summed E-state index contributed by atoms with van der Waals surface area (Å²) < 4.78 is 10.4. The lowest BCUT2D eigenvalue weighted by Gasteiger charge is -2.07. The van der Waals surface area contributed by atoms with Crippen LogP contribution in [0.4, 0.5) is 4.79 Å². The SMILES string of the molecule is CCCCCCc1ccc(OC(=O)Oc2ccc(CC)cc2)cc1. The maximum atomic E-state index is 11.8. The van der Waals surface area contributed by atoms with Gasteiger partial charge in [0.15, 0.2) is 0 Å². The van der Waals surface area contributed by atoms with Crippen molar-refractivity contribution in [1.29, 1.82) is 0 Å². The molecule has 0 amide bonds. The van der Waals surface area contributed by atoms with Gasteiger partial charge in [-0.3, -0.25) is 0 Å². The van der Waals surface area contributed by atoms with Crippen molar-refractivity contribution in [2.24, 2.45) is 0 Å². The number of unbranched alkanes of at least 4 members (excludes halogenated alkanes) is 3. The van der Waals surface area contributed by atoms with Crippen LogP contribution in [-0.4, -0.2) is 6.16 Å². The summed E-state index contributed by atoms with van der Waals surface area (Å²) in [6.45, 7) is 4.29. The first-order chi connectivity index (χ1) is 11.7. The van der Waals surface area contributed by atoms with Gasteiger partial charge in [-0.1, -0.05) is 57.4 Å². The molecule has 0 saturated heterocycles. The monoisotopic (exact) mass is 326 g/mol. The highest BCUT2D eigenvalue weighted by atomic mass is 16.7. The van der Waals surface area contributed by atoms with E-state index < -0.39 is 6.16 Å². The smallest absolute Gasteiger partial charge is 0.395 e. The predicted octanol–water partition coefficient (Wildman–Crippen LogP) is 5.95. The average molecular weight is 326 g/mol. The molecule has 0 spiro atoms. The lowest BCUT2D eigenvalue weighted by Crippen LogP contribution is -2.13. The normalized spacial score (nSPS) is 10.4. The molecule has 0 N–H and O–H groups in total. The van der Waals surface area contributed by atoms with E-state index in [-0.39, 0.29) is 0 Å². The summed E-state index contributed by atoms with van der Waals surface area (Å²) >= 11 is 0. The maximum absolute atomic E-state index is 11.8. The number of hydrogen-bond acceptors (Lipinski definition) is 3. The van der Waals surface area contributed by atoms with Crippen molar-refractivity contribution in [2.45, 2.75) is 52.4 Å².